The summed E-state index contributed by atoms with van der Waals surface area (Å²) in [5.74, 6) is 2.93. The largest absolute Gasteiger partial charge is 1.00 e. The summed E-state index contributed by atoms with van der Waals surface area (Å²) in [6, 6.07) is 33.6. The summed E-state index contributed by atoms with van der Waals surface area (Å²) in [5, 5.41) is 13.4. The second kappa shape index (κ2) is 35.5. The van der Waals surface area contributed by atoms with Gasteiger partial charge in [0.1, 0.15) is 87.1 Å². The van der Waals surface area contributed by atoms with Gasteiger partial charge in [-0.2, -0.15) is 0 Å². The van der Waals surface area contributed by atoms with E-state index in [0.29, 0.717) is 104 Å². The minimum atomic E-state index is -0.477. The fraction of sp³-hybridized carbons (Fsp3) is 0.402. The number of rotatable bonds is 3. The normalized spacial score (nSPS) is 24.0. The highest BCUT2D eigenvalue weighted by Crippen LogP contribution is 2.54. The van der Waals surface area contributed by atoms with Crippen molar-refractivity contribution in [3.63, 3.8) is 0 Å². The van der Waals surface area contributed by atoms with Crippen molar-refractivity contribution in [2.24, 2.45) is 0 Å². The number of fused-ring (bicyclic) bond motifs is 10. The Morgan fingerprint density at radius 1 is 0.377 bits per heavy atom. The summed E-state index contributed by atoms with van der Waals surface area (Å²) in [5.41, 5.74) is 12.0. The first-order valence-electron chi connectivity index (χ1n) is 41.6. The summed E-state index contributed by atoms with van der Waals surface area (Å²) >= 11 is 10.9. The number of methoxy groups -OCH3 is 1. The number of pyridine rings is 1. The van der Waals surface area contributed by atoms with Crippen LogP contribution in [0.15, 0.2) is 151 Å². The van der Waals surface area contributed by atoms with Gasteiger partial charge in [-0.3, -0.25) is 52.9 Å². The Bertz CT molecular complexity index is 5540. The Balaban J connectivity index is 0.000000109. The van der Waals surface area contributed by atoms with E-state index in [1.54, 1.807) is 62.0 Å². The molecule has 7 N–H and O–H groups in total. The second-order valence-corrected chi connectivity index (χ2v) is 39.2. The Morgan fingerprint density at radius 3 is 1.15 bits per heavy atom. The van der Waals surface area contributed by atoms with E-state index < -0.39 is 57.8 Å². The molecule has 6 fully saturated rings. The molecule has 22 rings (SSSR count). The maximum Gasteiger partial charge on any atom is 0.243 e. The summed E-state index contributed by atoms with van der Waals surface area (Å²) in [6.45, 7) is 9.40. The van der Waals surface area contributed by atoms with Gasteiger partial charge >= 0.3 is 0 Å². The number of carbonyl (C=O) groups excluding carboxylic acids is 10. The van der Waals surface area contributed by atoms with Crippen molar-refractivity contribution in [2.75, 3.05) is 106 Å². The van der Waals surface area contributed by atoms with Gasteiger partial charge < -0.3 is 72.7 Å². The molecule has 10 aliphatic heterocycles. The molecule has 0 bridgehead atoms. The number of nitrogens with zero attached hydrogens (tertiary/aromatic N) is 2. The number of benzene rings is 5. The molecular weight excluding hydrogens is 1730 g/mol. The minimum absolute atomic E-state index is 0. The van der Waals surface area contributed by atoms with Crippen molar-refractivity contribution in [2.45, 2.75) is 130 Å². The monoisotopic (exact) mass is 1820 g/mol. The van der Waals surface area contributed by atoms with Crippen LogP contribution in [0.1, 0.15) is 176 Å². The zero-order chi connectivity index (χ0) is 83.5. The lowest BCUT2D eigenvalue weighted by Crippen LogP contribution is -3.00. The first kappa shape index (κ1) is 85.7. The average Bonchev–Trinajstić information content (AvgIpc) is 0.755. The number of quaternary nitrogens is 1. The Kier molecular flexibility index (Phi) is 25.0. The zero-order valence-electron chi connectivity index (χ0n) is 67.3. The van der Waals surface area contributed by atoms with E-state index >= 15 is 0 Å². The number of anilines is 1. The first-order chi connectivity index (χ1) is 58.7. The van der Waals surface area contributed by atoms with Crippen LogP contribution in [0.2, 0.25) is 0 Å². The maximum atomic E-state index is 12.7. The summed E-state index contributed by atoms with van der Waals surface area (Å²) in [7, 11) is 1.54. The van der Waals surface area contributed by atoms with Crippen LogP contribution in [0.5, 0.6) is 5.75 Å². The van der Waals surface area contributed by atoms with E-state index in [2.05, 4.69) is 58.9 Å². The lowest BCUT2D eigenvalue weighted by Gasteiger charge is -2.43. The third-order valence-corrected chi connectivity index (χ3v) is 32.6. The number of nitrogens with one attached hydrogen (secondary N) is 4. The number of Topliss-reactive ketones (excluding diaryl/α,β-unsaturated/α-hetero) is 10. The molecule has 0 unspecified atom stereocenters. The van der Waals surface area contributed by atoms with Gasteiger partial charge in [0, 0.05) is 184 Å². The average molecular weight is 1830 g/mol. The quantitative estimate of drug-likeness (QED) is 0.103. The number of hydrogen-bond donors (Lipinski definition) is 5. The molecule has 0 atom stereocenters. The molecule has 0 radical (unpaired) electrons. The fourth-order valence-corrected chi connectivity index (χ4v) is 25.0. The highest BCUT2D eigenvalue weighted by atomic mass is 79.9. The molecule has 23 nitrogen and oxygen atoms in total. The van der Waals surface area contributed by atoms with Crippen LogP contribution in [0, 0.1) is 0 Å². The van der Waals surface area contributed by atoms with E-state index in [9.17, 15) is 47.9 Å². The van der Waals surface area contributed by atoms with Gasteiger partial charge in [0.25, 0.3) is 0 Å². The molecule has 1 aromatic heterocycles. The Labute approximate surface area is 741 Å². The molecule has 0 amide bonds. The van der Waals surface area contributed by atoms with Crippen molar-refractivity contribution >= 4 is 167 Å². The molecule has 16 aliphatic rings. The summed E-state index contributed by atoms with van der Waals surface area (Å²) in [6.07, 6.45) is 18.5. The van der Waals surface area contributed by atoms with Gasteiger partial charge in [0.15, 0.2) is 0 Å². The molecule has 634 valence electrons. The van der Waals surface area contributed by atoms with Crippen molar-refractivity contribution in [1.82, 2.24) is 26.3 Å². The highest BCUT2D eigenvalue weighted by Gasteiger charge is 2.52. The molecule has 1 saturated carbocycles. The van der Waals surface area contributed by atoms with Gasteiger partial charge in [-0.1, -0.05) is 46.3 Å². The lowest BCUT2D eigenvalue weighted by molar-refractivity contribution is -0.428. The van der Waals surface area contributed by atoms with Crippen LogP contribution < -0.4 is 49.0 Å². The smallest absolute Gasteiger partial charge is 0.243 e. The minimum Gasteiger partial charge on any atom is -1.00 e. The number of aromatic nitrogens is 1. The Hall–Kier alpha value is -8.43. The van der Waals surface area contributed by atoms with E-state index in [0.717, 1.165) is 209 Å². The lowest BCUT2D eigenvalue weighted by atomic mass is 9.83. The number of ketones is 10. The van der Waals surface area contributed by atoms with Crippen LogP contribution in [0.25, 0.3) is 39.9 Å². The number of carbonyl (C=O) groups is 10. The van der Waals surface area contributed by atoms with Gasteiger partial charge in [-0.15, -0.1) is 58.8 Å². The molecule has 30 heteroatoms. The number of piperidine rings is 5. The number of allylic oxidation sites excluding steroid dienone is 5. The van der Waals surface area contributed by atoms with Gasteiger partial charge in [-0.25, -0.2) is 0 Å². The van der Waals surface area contributed by atoms with E-state index in [-0.39, 0.29) is 40.4 Å². The Morgan fingerprint density at radius 2 is 0.721 bits per heavy atom. The topological polar surface area (TPSA) is 318 Å². The van der Waals surface area contributed by atoms with E-state index in [1.165, 1.54) is 78.1 Å². The summed E-state index contributed by atoms with van der Waals surface area (Å²) in [4.78, 5) is 133. The van der Waals surface area contributed by atoms with Crippen molar-refractivity contribution in [3.8, 4) is 16.9 Å². The molecule has 11 heterocycles. The van der Waals surface area contributed by atoms with Crippen molar-refractivity contribution in [1.29, 1.82) is 0 Å². The standard InChI is InChI=1S/C21H18N2O3S.C21H24N2O3S.C17H17NO4S.C17H17NO3S.C16H14BrNO3S.ClH/c24-17-15-2-1-14(13-3-7-22-8-4-13)11-16(15)19-20(18(17)25)27-12-21(26-19)5-9-23-10-6-21;24-17-15-5-4-14(23-10-2-1-3-11-23)12-16(15)19-20(18(17)25)27-13-21(26-19)6-8-22-9-7-21;1-21-10-2-3-11-12(8-10)13(19)14(20)16-15(11)22-17(9-23-16)4-6-18-7-5-17;18-10-5-7-17(8-6-10)9-22-16-14(20)13(19)11-3-1-2-4-12(11)15(16)21-17;17-9-1-2-10-11(7-9)14-15(13(20)12(10)19)22-8-16(21-14)3-5-18-6-4-16;/h1-4,7-8,11,23H,5-6,9-10,12H2;4-5,12,22H,1-3,6-11,13H2;2-3,8,18H,4-7,9H2,1H3;1-4,10H,5-9,18H2;1-2,7,18H,3-6,8H2;1H. The molecule has 122 heavy (non-hydrogen) atoms. The van der Waals surface area contributed by atoms with E-state index in [4.69, 9.17) is 28.4 Å². The van der Waals surface area contributed by atoms with Gasteiger partial charge in [0.05, 0.1) is 13.2 Å². The van der Waals surface area contributed by atoms with Gasteiger partial charge in [0.2, 0.25) is 57.8 Å². The van der Waals surface area contributed by atoms with Crippen LogP contribution in [0.3, 0.4) is 0 Å². The van der Waals surface area contributed by atoms with Crippen molar-refractivity contribution < 1.29 is 94.5 Å². The molecule has 5 aromatic carbocycles. The molecule has 5 saturated heterocycles. The number of hydrogen-bond acceptors (Lipinski definition) is 27. The van der Waals surface area contributed by atoms with Crippen LogP contribution in [-0.4, -0.2) is 198 Å². The predicted molar refractivity (Wildman–Crippen MR) is 472 cm³/mol. The molecular formula is C92H91BrClN7O16S5. The van der Waals surface area contributed by atoms with E-state index in [1.807, 2.05) is 60.7 Å². The van der Waals surface area contributed by atoms with Crippen LogP contribution >= 0.6 is 74.7 Å². The number of ether oxygens (including phenoxy) is 6. The second-order valence-electron chi connectivity index (χ2n) is 33.3. The maximum absolute atomic E-state index is 12.7. The van der Waals surface area contributed by atoms with Gasteiger partial charge in [-0.05, 0) is 174 Å². The SMILES string of the molecule is COc1ccc2c(c1)C(=O)C(=O)C1=C2OC2(CCNCC2)CS1.O=C1C(=O)c2ccc(-c3ccncc3)cc2C2=C1SCC1(CCNCC1)O2.O=C1C(=O)c2ccc(Br)cc2C2=C1SCC1(CCNCC1)O2.O=C1C(=O)c2ccc(N3CCCCC3)cc2C2=C1SCC1(CCNCC1)O2.[Cl-].[NH3+]C1CCC2(CC1)CSC1=C(O2)c2ccccc2C(=O)C1=O. The zero-order valence-corrected chi connectivity index (χ0v) is 73.7. The summed E-state index contributed by atoms with van der Waals surface area (Å²) < 4.78 is 38.1. The van der Waals surface area contributed by atoms with Crippen LogP contribution in [-0.2, 0) is 47.7 Å². The predicted octanol–water partition coefficient (Wildman–Crippen LogP) is 9.66. The first-order valence-corrected chi connectivity index (χ1v) is 47.3. The highest BCUT2D eigenvalue weighted by molar-refractivity contribution is 9.10. The number of thioether (sulfide) groups is 5. The third kappa shape index (κ3) is 16.5. The molecule has 6 aliphatic carbocycles. The molecule has 6 aromatic rings. The third-order valence-electron chi connectivity index (χ3n) is 25.5. The fourth-order valence-electron chi connectivity index (χ4n) is 18.4. The number of halogens is 2. The molecule has 5 spiro atoms. The van der Waals surface area contributed by atoms with Crippen LogP contribution in [0.4, 0.5) is 5.69 Å². The van der Waals surface area contributed by atoms with Crippen molar-refractivity contribution in [3.05, 3.63) is 206 Å².